The first-order valence-corrected chi connectivity index (χ1v) is 5.24. The molecule has 0 aliphatic heterocycles. The number of benzene rings is 1. The first-order chi connectivity index (χ1) is 7.13. The Hall–Kier alpha value is -0.940. The van der Waals surface area contributed by atoms with Gasteiger partial charge in [0.1, 0.15) is 5.82 Å². The van der Waals surface area contributed by atoms with E-state index in [9.17, 15) is 9.18 Å². The minimum atomic E-state index is -0.346. The van der Waals surface area contributed by atoms with Gasteiger partial charge in [-0.15, -0.1) is 0 Å². The van der Waals surface area contributed by atoms with Gasteiger partial charge in [0.15, 0.2) is 0 Å². The number of hydrogen-bond acceptors (Lipinski definition) is 2. The lowest BCUT2D eigenvalue weighted by atomic mass is 10.1. The number of aliphatic hydroxyl groups excluding tert-OH is 1. The van der Waals surface area contributed by atoms with E-state index in [1.54, 1.807) is 6.07 Å². The molecule has 0 atom stereocenters. The van der Waals surface area contributed by atoms with Gasteiger partial charge in [-0.05, 0) is 17.7 Å². The molecule has 1 aromatic carbocycles. The van der Waals surface area contributed by atoms with Crippen molar-refractivity contribution in [2.24, 2.45) is 0 Å². The summed E-state index contributed by atoms with van der Waals surface area (Å²) >= 11 is 3.17. The van der Waals surface area contributed by atoms with Crippen LogP contribution in [-0.4, -0.2) is 24.2 Å². The number of rotatable bonds is 4. The molecule has 82 valence electrons. The molecule has 0 bridgehead atoms. The Morgan fingerprint density at radius 1 is 1.53 bits per heavy atom. The Morgan fingerprint density at radius 3 is 2.87 bits per heavy atom. The fraction of sp³-hybridized carbons (Fsp3) is 0.300. The summed E-state index contributed by atoms with van der Waals surface area (Å²) in [6.07, 6.45) is 0.168. The molecule has 5 heteroatoms. The summed E-state index contributed by atoms with van der Waals surface area (Å²) in [5.74, 6) is -0.544. The maximum absolute atomic E-state index is 12.7. The molecule has 0 aromatic heterocycles. The van der Waals surface area contributed by atoms with Gasteiger partial charge in [0.05, 0.1) is 13.0 Å². The van der Waals surface area contributed by atoms with Crippen molar-refractivity contribution in [1.82, 2.24) is 5.32 Å². The lowest BCUT2D eigenvalue weighted by molar-refractivity contribution is -0.120. The zero-order valence-electron chi connectivity index (χ0n) is 7.96. The largest absolute Gasteiger partial charge is 0.395 e. The highest BCUT2D eigenvalue weighted by molar-refractivity contribution is 9.10. The minimum absolute atomic E-state index is 0.0870. The zero-order chi connectivity index (χ0) is 11.3. The van der Waals surface area contributed by atoms with Crippen LogP contribution in [0.4, 0.5) is 4.39 Å². The van der Waals surface area contributed by atoms with Crippen LogP contribution in [0.1, 0.15) is 5.56 Å². The number of carbonyl (C=O) groups is 1. The van der Waals surface area contributed by atoms with E-state index in [1.165, 1.54) is 12.1 Å². The van der Waals surface area contributed by atoms with Gasteiger partial charge in [0.25, 0.3) is 0 Å². The van der Waals surface area contributed by atoms with Crippen LogP contribution in [0.25, 0.3) is 0 Å². The fourth-order valence-electron chi connectivity index (χ4n) is 1.10. The third-order valence-corrected chi connectivity index (χ3v) is 2.54. The number of hydrogen-bond donors (Lipinski definition) is 2. The zero-order valence-corrected chi connectivity index (χ0v) is 9.55. The molecule has 1 rings (SSSR count). The van der Waals surface area contributed by atoms with Gasteiger partial charge in [-0.2, -0.15) is 0 Å². The highest BCUT2D eigenvalue weighted by atomic mass is 79.9. The first-order valence-electron chi connectivity index (χ1n) is 4.45. The summed E-state index contributed by atoms with van der Waals surface area (Å²) in [7, 11) is 0. The van der Waals surface area contributed by atoms with Crippen molar-refractivity contribution in [2.75, 3.05) is 13.2 Å². The Kier molecular flexibility index (Phi) is 4.71. The number of amides is 1. The molecule has 0 unspecified atom stereocenters. The van der Waals surface area contributed by atoms with Crippen LogP contribution in [0, 0.1) is 5.82 Å². The molecule has 0 radical (unpaired) electrons. The van der Waals surface area contributed by atoms with Crippen LogP contribution in [0.5, 0.6) is 0 Å². The number of carbonyl (C=O) groups excluding carboxylic acids is 1. The monoisotopic (exact) mass is 275 g/mol. The van der Waals surface area contributed by atoms with Crippen LogP contribution in [0.2, 0.25) is 0 Å². The van der Waals surface area contributed by atoms with Crippen LogP contribution < -0.4 is 5.32 Å². The number of aliphatic hydroxyl groups is 1. The number of nitrogens with one attached hydrogen (secondary N) is 1. The van der Waals surface area contributed by atoms with Crippen LogP contribution in [-0.2, 0) is 11.2 Å². The average molecular weight is 276 g/mol. The minimum Gasteiger partial charge on any atom is -0.395 e. The predicted octanol–water partition coefficient (Wildman–Crippen LogP) is 1.24. The summed E-state index contributed by atoms with van der Waals surface area (Å²) in [6.45, 7) is 0.147. The molecule has 15 heavy (non-hydrogen) atoms. The van der Waals surface area contributed by atoms with Gasteiger partial charge in [-0.25, -0.2) is 4.39 Å². The van der Waals surface area contributed by atoms with Crippen molar-refractivity contribution in [3.05, 3.63) is 34.1 Å². The topological polar surface area (TPSA) is 49.3 Å². The van der Waals surface area contributed by atoms with Crippen LogP contribution in [0.15, 0.2) is 22.7 Å². The molecule has 0 fully saturated rings. The highest BCUT2D eigenvalue weighted by Crippen LogP contribution is 2.18. The van der Waals surface area contributed by atoms with Crippen molar-refractivity contribution in [1.29, 1.82) is 0 Å². The molecule has 0 saturated heterocycles. The van der Waals surface area contributed by atoms with Gasteiger partial charge in [-0.3, -0.25) is 4.79 Å². The Labute approximate surface area is 95.4 Å². The highest BCUT2D eigenvalue weighted by Gasteiger charge is 2.06. The van der Waals surface area contributed by atoms with E-state index in [0.717, 1.165) is 0 Å². The summed E-state index contributed by atoms with van der Waals surface area (Å²) in [4.78, 5) is 11.3. The van der Waals surface area contributed by atoms with Crippen LogP contribution in [0.3, 0.4) is 0 Å². The van der Waals surface area contributed by atoms with Crippen LogP contribution >= 0.6 is 15.9 Å². The standard InChI is InChI=1S/C10H11BrFNO2/c11-9-6-8(12)2-1-7(9)5-10(15)13-3-4-14/h1-2,6,14H,3-5H2,(H,13,15). The van der Waals surface area contributed by atoms with E-state index in [4.69, 9.17) is 5.11 Å². The van der Waals surface area contributed by atoms with Gasteiger partial charge in [0.2, 0.25) is 5.91 Å². The molecule has 0 aliphatic rings. The number of halogens is 2. The van der Waals surface area contributed by atoms with Crippen molar-refractivity contribution in [3.8, 4) is 0 Å². The summed E-state index contributed by atoms with van der Waals surface area (Å²) < 4.78 is 13.3. The molecule has 0 saturated carbocycles. The normalized spacial score (nSPS) is 10.1. The van der Waals surface area contributed by atoms with Crippen molar-refractivity contribution in [3.63, 3.8) is 0 Å². The second kappa shape index (κ2) is 5.82. The van der Waals surface area contributed by atoms with Crippen molar-refractivity contribution < 1.29 is 14.3 Å². The first kappa shape index (κ1) is 12.1. The Balaban J connectivity index is 2.60. The second-order valence-electron chi connectivity index (χ2n) is 2.99. The van der Waals surface area contributed by atoms with E-state index in [1.807, 2.05) is 0 Å². The van der Waals surface area contributed by atoms with Gasteiger partial charge >= 0.3 is 0 Å². The molecular formula is C10H11BrFNO2. The Bertz CT molecular complexity index is 357. The lowest BCUT2D eigenvalue weighted by Crippen LogP contribution is -2.27. The van der Waals surface area contributed by atoms with E-state index in [2.05, 4.69) is 21.2 Å². The molecule has 1 amide bonds. The third-order valence-electron chi connectivity index (χ3n) is 1.80. The molecular weight excluding hydrogens is 265 g/mol. The van der Waals surface area contributed by atoms with E-state index < -0.39 is 0 Å². The predicted molar refractivity (Wildman–Crippen MR) is 57.9 cm³/mol. The van der Waals surface area contributed by atoms with Gasteiger partial charge < -0.3 is 10.4 Å². The van der Waals surface area contributed by atoms with E-state index in [-0.39, 0.29) is 31.3 Å². The summed E-state index contributed by atoms with van der Waals surface area (Å²) in [5.41, 5.74) is 0.715. The molecule has 0 aliphatic carbocycles. The van der Waals surface area contributed by atoms with Crippen molar-refractivity contribution >= 4 is 21.8 Å². The van der Waals surface area contributed by atoms with Crippen molar-refractivity contribution in [2.45, 2.75) is 6.42 Å². The molecule has 1 aromatic rings. The lowest BCUT2D eigenvalue weighted by Gasteiger charge is -2.05. The SMILES string of the molecule is O=C(Cc1ccc(F)cc1Br)NCCO. The van der Waals surface area contributed by atoms with Gasteiger partial charge in [0, 0.05) is 11.0 Å². The van der Waals surface area contributed by atoms with Gasteiger partial charge in [-0.1, -0.05) is 22.0 Å². The summed E-state index contributed by atoms with van der Waals surface area (Å²) in [6, 6.07) is 4.17. The smallest absolute Gasteiger partial charge is 0.224 e. The molecule has 0 heterocycles. The maximum atomic E-state index is 12.7. The average Bonchev–Trinajstić information content (AvgIpc) is 2.19. The maximum Gasteiger partial charge on any atom is 0.224 e. The molecule has 2 N–H and O–H groups in total. The third kappa shape index (κ3) is 3.97. The fourth-order valence-corrected chi connectivity index (χ4v) is 1.59. The molecule has 3 nitrogen and oxygen atoms in total. The second-order valence-corrected chi connectivity index (χ2v) is 3.84. The molecule has 0 spiro atoms. The quantitative estimate of drug-likeness (QED) is 0.869. The van der Waals surface area contributed by atoms with E-state index in [0.29, 0.717) is 10.0 Å². The summed E-state index contributed by atoms with van der Waals surface area (Å²) in [5, 5.41) is 11.0. The van der Waals surface area contributed by atoms with E-state index >= 15 is 0 Å². The Morgan fingerprint density at radius 2 is 2.27 bits per heavy atom.